The standard InChI is InChI=1S/C16H12F3NO4/c17-10-5-7-11(8-6-10)20-14(21)9-23-15(22)12-3-1-2-4-13(12)24-16(18)19/h1-8,16H,9H2,(H,20,21). The van der Waals surface area contributed by atoms with Gasteiger partial charge in [0.05, 0.1) is 0 Å². The Morgan fingerprint density at radius 1 is 1.04 bits per heavy atom. The zero-order chi connectivity index (χ0) is 17.5. The van der Waals surface area contributed by atoms with Crippen LogP contribution in [0.25, 0.3) is 0 Å². The highest BCUT2D eigenvalue weighted by molar-refractivity contribution is 5.96. The second kappa shape index (κ2) is 8.00. The summed E-state index contributed by atoms with van der Waals surface area (Å²) in [6.07, 6.45) is 0. The Morgan fingerprint density at radius 3 is 2.38 bits per heavy atom. The number of carbonyl (C=O) groups is 2. The summed E-state index contributed by atoms with van der Waals surface area (Å²) >= 11 is 0. The van der Waals surface area contributed by atoms with E-state index in [1.54, 1.807) is 0 Å². The van der Waals surface area contributed by atoms with Crippen LogP contribution in [0.5, 0.6) is 5.75 Å². The van der Waals surface area contributed by atoms with Crippen LogP contribution >= 0.6 is 0 Å². The van der Waals surface area contributed by atoms with Gasteiger partial charge in [0.15, 0.2) is 6.61 Å². The highest BCUT2D eigenvalue weighted by Gasteiger charge is 2.17. The molecule has 0 bridgehead atoms. The lowest BCUT2D eigenvalue weighted by Gasteiger charge is -2.10. The fraction of sp³-hybridized carbons (Fsp3) is 0.125. The van der Waals surface area contributed by atoms with Gasteiger partial charge in [0, 0.05) is 5.69 Å². The van der Waals surface area contributed by atoms with Crippen molar-refractivity contribution in [1.82, 2.24) is 0 Å². The number of hydrogen-bond acceptors (Lipinski definition) is 4. The zero-order valence-corrected chi connectivity index (χ0v) is 12.2. The van der Waals surface area contributed by atoms with E-state index in [4.69, 9.17) is 4.74 Å². The molecule has 0 fully saturated rings. The molecule has 2 aromatic rings. The molecule has 0 aliphatic rings. The van der Waals surface area contributed by atoms with Gasteiger partial charge in [0.25, 0.3) is 5.91 Å². The third-order valence-electron chi connectivity index (χ3n) is 2.79. The van der Waals surface area contributed by atoms with Crippen molar-refractivity contribution >= 4 is 17.6 Å². The first-order chi connectivity index (χ1) is 11.5. The molecule has 1 amide bonds. The molecule has 24 heavy (non-hydrogen) atoms. The van der Waals surface area contributed by atoms with Crippen molar-refractivity contribution in [2.24, 2.45) is 0 Å². The van der Waals surface area contributed by atoms with Gasteiger partial charge in [-0.1, -0.05) is 12.1 Å². The molecule has 2 rings (SSSR count). The first kappa shape index (κ1) is 17.3. The van der Waals surface area contributed by atoms with Crippen LogP contribution in [-0.4, -0.2) is 25.1 Å². The summed E-state index contributed by atoms with van der Waals surface area (Å²) in [6.45, 7) is -3.74. The van der Waals surface area contributed by atoms with Gasteiger partial charge in [-0.25, -0.2) is 9.18 Å². The number of esters is 1. The van der Waals surface area contributed by atoms with Gasteiger partial charge in [-0.2, -0.15) is 8.78 Å². The number of halogens is 3. The Hall–Kier alpha value is -3.03. The Balaban J connectivity index is 1.93. The molecular formula is C16H12F3NO4. The van der Waals surface area contributed by atoms with Gasteiger partial charge in [0.1, 0.15) is 17.1 Å². The fourth-order valence-electron chi connectivity index (χ4n) is 1.77. The lowest BCUT2D eigenvalue weighted by Crippen LogP contribution is -2.21. The fourth-order valence-corrected chi connectivity index (χ4v) is 1.77. The highest BCUT2D eigenvalue weighted by atomic mass is 19.3. The van der Waals surface area contributed by atoms with Crippen LogP contribution in [-0.2, 0) is 9.53 Å². The molecule has 2 aromatic carbocycles. The number of amides is 1. The number of para-hydroxylation sites is 1. The number of nitrogens with one attached hydrogen (secondary N) is 1. The summed E-state index contributed by atoms with van der Waals surface area (Å²) in [5, 5.41) is 2.39. The molecule has 0 saturated heterocycles. The van der Waals surface area contributed by atoms with Crippen molar-refractivity contribution in [3.63, 3.8) is 0 Å². The molecule has 0 aliphatic carbocycles. The van der Waals surface area contributed by atoms with Crippen LogP contribution in [0.2, 0.25) is 0 Å². The lowest BCUT2D eigenvalue weighted by atomic mass is 10.2. The van der Waals surface area contributed by atoms with Gasteiger partial charge >= 0.3 is 12.6 Å². The van der Waals surface area contributed by atoms with Gasteiger partial charge in [0.2, 0.25) is 0 Å². The van der Waals surface area contributed by atoms with Gasteiger partial charge in [-0.15, -0.1) is 0 Å². The molecular weight excluding hydrogens is 327 g/mol. The van der Waals surface area contributed by atoms with Gasteiger partial charge in [-0.3, -0.25) is 4.79 Å². The number of benzene rings is 2. The van der Waals surface area contributed by atoms with Gasteiger partial charge < -0.3 is 14.8 Å². The van der Waals surface area contributed by atoms with Crippen molar-refractivity contribution in [1.29, 1.82) is 0 Å². The molecule has 126 valence electrons. The molecule has 0 aromatic heterocycles. The maximum atomic E-state index is 12.7. The molecule has 1 N–H and O–H groups in total. The lowest BCUT2D eigenvalue weighted by molar-refractivity contribution is -0.119. The van der Waals surface area contributed by atoms with E-state index in [0.29, 0.717) is 5.69 Å². The Kier molecular flexibility index (Phi) is 5.78. The topological polar surface area (TPSA) is 64.6 Å². The van der Waals surface area contributed by atoms with E-state index in [2.05, 4.69) is 10.1 Å². The molecule has 0 unspecified atom stereocenters. The van der Waals surface area contributed by atoms with Crippen molar-refractivity contribution in [3.8, 4) is 5.75 Å². The van der Waals surface area contributed by atoms with Crippen molar-refractivity contribution in [3.05, 3.63) is 59.9 Å². The van der Waals surface area contributed by atoms with Crippen molar-refractivity contribution in [2.45, 2.75) is 6.61 Å². The number of rotatable bonds is 6. The predicted octanol–water partition coefficient (Wildman–Crippen LogP) is 3.22. The summed E-state index contributed by atoms with van der Waals surface area (Å²) in [5.74, 6) is -2.46. The molecule has 0 heterocycles. The van der Waals surface area contributed by atoms with E-state index in [1.807, 2.05) is 0 Å². The van der Waals surface area contributed by atoms with E-state index in [9.17, 15) is 22.8 Å². The molecule has 8 heteroatoms. The summed E-state index contributed by atoms with van der Waals surface area (Å²) in [6, 6.07) is 10.2. The van der Waals surface area contributed by atoms with Crippen molar-refractivity contribution in [2.75, 3.05) is 11.9 Å². The normalized spacial score (nSPS) is 10.3. The van der Waals surface area contributed by atoms with Gasteiger partial charge in [-0.05, 0) is 36.4 Å². The monoisotopic (exact) mass is 339 g/mol. The van der Waals surface area contributed by atoms with Crippen LogP contribution in [0.15, 0.2) is 48.5 Å². The van der Waals surface area contributed by atoms with Crippen LogP contribution < -0.4 is 10.1 Å². The van der Waals surface area contributed by atoms with E-state index in [0.717, 1.165) is 12.1 Å². The van der Waals surface area contributed by atoms with E-state index >= 15 is 0 Å². The van der Waals surface area contributed by atoms with Crippen LogP contribution in [0.3, 0.4) is 0 Å². The van der Waals surface area contributed by atoms with Crippen LogP contribution in [0.4, 0.5) is 18.9 Å². The summed E-state index contributed by atoms with van der Waals surface area (Å²) in [5.41, 5.74) is 0.0891. The molecule has 0 spiro atoms. The van der Waals surface area contributed by atoms with E-state index in [1.165, 1.54) is 36.4 Å². The Morgan fingerprint density at radius 2 is 1.71 bits per heavy atom. The average Bonchev–Trinajstić information content (AvgIpc) is 2.55. The molecule has 5 nitrogen and oxygen atoms in total. The molecule has 0 radical (unpaired) electrons. The smallest absolute Gasteiger partial charge is 0.387 e. The number of anilines is 1. The zero-order valence-electron chi connectivity index (χ0n) is 12.2. The number of alkyl halides is 2. The number of hydrogen-bond donors (Lipinski definition) is 1. The summed E-state index contributed by atoms with van der Waals surface area (Å²) in [4.78, 5) is 23.5. The third kappa shape index (κ3) is 5.01. The second-order valence-corrected chi connectivity index (χ2v) is 4.51. The minimum atomic E-state index is -3.10. The first-order valence-electron chi connectivity index (χ1n) is 6.72. The van der Waals surface area contributed by atoms with E-state index in [-0.39, 0.29) is 11.3 Å². The molecule has 0 atom stereocenters. The summed E-state index contributed by atoms with van der Waals surface area (Å²) in [7, 11) is 0. The average molecular weight is 339 g/mol. The summed E-state index contributed by atoms with van der Waals surface area (Å²) < 4.78 is 46.3. The molecule has 0 aliphatic heterocycles. The molecule has 0 saturated carbocycles. The number of carbonyl (C=O) groups excluding carboxylic acids is 2. The Labute approximate surface area is 135 Å². The highest BCUT2D eigenvalue weighted by Crippen LogP contribution is 2.21. The third-order valence-corrected chi connectivity index (χ3v) is 2.79. The van der Waals surface area contributed by atoms with Crippen LogP contribution in [0.1, 0.15) is 10.4 Å². The first-order valence-corrected chi connectivity index (χ1v) is 6.72. The predicted molar refractivity (Wildman–Crippen MR) is 78.4 cm³/mol. The Bertz CT molecular complexity index is 720. The minimum Gasteiger partial charge on any atom is -0.452 e. The SMILES string of the molecule is O=C(COC(=O)c1ccccc1OC(F)F)Nc1ccc(F)cc1. The largest absolute Gasteiger partial charge is 0.452 e. The maximum absolute atomic E-state index is 12.7. The van der Waals surface area contributed by atoms with Crippen LogP contribution in [0, 0.1) is 5.82 Å². The van der Waals surface area contributed by atoms with E-state index < -0.39 is 30.9 Å². The second-order valence-electron chi connectivity index (χ2n) is 4.51. The quantitative estimate of drug-likeness (QED) is 0.821. The minimum absolute atomic E-state index is 0.229. The van der Waals surface area contributed by atoms with Crippen molar-refractivity contribution < 1.29 is 32.2 Å². The maximum Gasteiger partial charge on any atom is 0.387 e. The number of ether oxygens (including phenoxy) is 2.